The van der Waals surface area contributed by atoms with Gasteiger partial charge in [0.15, 0.2) is 0 Å². The fraction of sp³-hybridized carbons (Fsp3) is 0.929. The third kappa shape index (κ3) is 3.84. The number of hydrogen-bond acceptors (Lipinski definition) is 5. The van der Waals surface area contributed by atoms with Gasteiger partial charge in [-0.3, -0.25) is 4.90 Å². The quantitative estimate of drug-likeness (QED) is 0.801. The Morgan fingerprint density at radius 1 is 1.30 bits per heavy atom. The molecule has 2 N–H and O–H groups in total. The van der Waals surface area contributed by atoms with Crippen molar-refractivity contribution in [3.05, 3.63) is 0 Å². The van der Waals surface area contributed by atoms with Gasteiger partial charge in [0.2, 0.25) is 0 Å². The number of likely N-dealkylation sites (tertiary alicyclic amines) is 1. The first-order valence-corrected chi connectivity index (χ1v) is 7.40. The van der Waals surface area contributed by atoms with Crippen LogP contribution in [-0.2, 0) is 9.47 Å². The van der Waals surface area contributed by atoms with Crippen molar-refractivity contribution in [1.82, 2.24) is 9.80 Å². The van der Waals surface area contributed by atoms with Gasteiger partial charge in [0.05, 0.1) is 13.2 Å². The molecule has 0 saturated carbocycles. The molecule has 2 aliphatic heterocycles. The molecule has 0 aliphatic carbocycles. The van der Waals surface area contributed by atoms with E-state index in [4.69, 9.17) is 15.2 Å². The predicted octanol–water partition coefficient (Wildman–Crippen LogP) is 0.513. The molecule has 0 aromatic heterocycles. The number of rotatable bonds is 2. The minimum Gasteiger partial charge on any atom is -0.444 e. The summed E-state index contributed by atoms with van der Waals surface area (Å²) in [6.45, 7) is 11.0. The van der Waals surface area contributed by atoms with E-state index in [1.807, 2.05) is 20.8 Å². The minimum atomic E-state index is -0.452. The molecule has 2 fully saturated rings. The highest BCUT2D eigenvalue weighted by atomic mass is 16.6. The van der Waals surface area contributed by atoms with Crippen molar-refractivity contribution in [3.63, 3.8) is 0 Å². The molecular formula is C14H27N3O3. The third-order valence-electron chi connectivity index (χ3n) is 3.88. The number of ether oxygens (including phenoxy) is 2. The van der Waals surface area contributed by atoms with E-state index in [-0.39, 0.29) is 6.09 Å². The second-order valence-corrected chi connectivity index (χ2v) is 6.60. The Morgan fingerprint density at radius 3 is 2.50 bits per heavy atom. The lowest BCUT2D eigenvalue weighted by Gasteiger charge is -2.34. The number of carbonyl (C=O) groups is 1. The van der Waals surface area contributed by atoms with Gasteiger partial charge in [-0.05, 0) is 27.3 Å². The highest BCUT2D eigenvalue weighted by Crippen LogP contribution is 2.24. The van der Waals surface area contributed by atoms with E-state index in [1.165, 1.54) is 0 Å². The number of morpholine rings is 1. The van der Waals surface area contributed by atoms with Crippen LogP contribution in [0.5, 0.6) is 0 Å². The number of nitrogens with zero attached hydrogens (tertiary/aromatic N) is 2. The maximum Gasteiger partial charge on any atom is 0.410 e. The molecule has 0 bridgehead atoms. The van der Waals surface area contributed by atoms with Crippen LogP contribution in [0.25, 0.3) is 0 Å². The second-order valence-electron chi connectivity index (χ2n) is 6.60. The summed E-state index contributed by atoms with van der Waals surface area (Å²) in [7, 11) is 0. The monoisotopic (exact) mass is 285 g/mol. The lowest BCUT2D eigenvalue weighted by Crippen LogP contribution is -2.48. The molecule has 2 atom stereocenters. The zero-order chi connectivity index (χ0) is 14.8. The van der Waals surface area contributed by atoms with Crippen LogP contribution in [0, 0.1) is 5.92 Å². The zero-order valence-electron chi connectivity index (χ0n) is 12.8. The summed E-state index contributed by atoms with van der Waals surface area (Å²) in [5.74, 6) is 0.320. The molecule has 0 aromatic rings. The Kier molecular flexibility index (Phi) is 4.88. The van der Waals surface area contributed by atoms with Crippen LogP contribution in [0.3, 0.4) is 0 Å². The first-order valence-electron chi connectivity index (χ1n) is 7.40. The van der Waals surface area contributed by atoms with Gasteiger partial charge in [0, 0.05) is 38.1 Å². The van der Waals surface area contributed by atoms with Crippen LogP contribution in [-0.4, -0.2) is 73.5 Å². The fourth-order valence-electron chi connectivity index (χ4n) is 2.88. The summed E-state index contributed by atoms with van der Waals surface area (Å²) < 4.78 is 10.8. The van der Waals surface area contributed by atoms with E-state index >= 15 is 0 Å². The number of amides is 1. The third-order valence-corrected chi connectivity index (χ3v) is 3.88. The largest absolute Gasteiger partial charge is 0.444 e. The van der Waals surface area contributed by atoms with Gasteiger partial charge in [-0.25, -0.2) is 4.79 Å². The summed E-state index contributed by atoms with van der Waals surface area (Å²) in [5.41, 5.74) is 5.43. The number of carbonyl (C=O) groups excluding carboxylic acids is 1. The van der Waals surface area contributed by atoms with Crippen LogP contribution in [0.2, 0.25) is 0 Å². The van der Waals surface area contributed by atoms with Crippen molar-refractivity contribution in [2.24, 2.45) is 11.7 Å². The van der Waals surface area contributed by atoms with E-state index in [0.717, 1.165) is 26.3 Å². The molecule has 6 heteroatoms. The maximum atomic E-state index is 12.2. The summed E-state index contributed by atoms with van der Waals surface area (Å²) in [6, 6.07) is 0.330. The van der Waals surface area contributed by atoms with Crippen LogP contribution >= 0.6 is 0 Å². The highest BCUT2D eigenvalue weighted by Gasteiger charge is 2.39. The van der Waals surface area contributed by atoms with Crippen molar-refractivity contribution in [2.45, 2.75) is 32.4 Å². The van der Waals surface area contributed by atoms with Gasteiger partial charge in [-0.1, -0.05) is 0 Å². The molecule has 2 saturated heterocycles. The smallest absolute Gasteiger partial charge is 0.410 e. The first kappa shape index (κ1) is 15.5. The van der Waals surface area contributed by atoms with Crippen LogP contribution in [0.4, 0.5) is 4.79 Å². The van der Waals surface area contributed by atoms with Crippen molar-refractivity contribution >= 4 is 6.09 Å². The first-order chi connectivity index (χ1) is 9.40. The summed E-state index contributed by atoms with van der Waals surface area (Å²) in [5, 5.41) is 0. The molecule has 1 amide bonds. The van der Waals surface area contributed by atoms with Gasteiger partial charge in [-0.15, -0.1) is 0 Å². The van der Waals surface area contributed by atoms with E-state index in [0.29, 0.717) is 31.6 Å². The Bertz CT molecular complexity index is 337. The Balaban J connectivity index is 1.96. The van der Waals surface area contributed by atoms with E-state index in [9.17, 15) is 4.79 Å². The molecule has 0 unspecified atom stereocenters. The Hall–Kier alpha value is -0.850. The van der Waals surface area contributed by atoms with Crippen LogP contribution in [0.1, 0.15) is 20.8 Å². The van der Waals surface area contributed by atoms with Gasteiger partial charge in [-0.2, -0.15) is 0 Å². The standard InChI is InChI=1S/C14H27N3O3/c1-14(2,3)20-13(18)17-9-11(8-15)12(10-17)16-4-6-19-7-5-16/h11-12H,4-10,15H2,1-3H3/t11-,12-/m0/s1. The lowest BCUT2D eigenvalue weighted by molar-refractivity contribution is 0.00846. The van der Waals surface area contributed by atoms with Gasteiger partial charge >= 0.3 is 6.09 Å². The molecule has 0 radical (unpaired) electrons. The normalized spacial score (nSPS) is 28.7. The topological polar surface area (TPSA) is 68.0 Å². The molecule has 2 heterocycles. The molecule has 6 nitrogen and oxygen atoms in total. The SMILES string of the molecule is CC(C)(C)OC(=O)N1C[C@H](CN)[C@@H](N2CCOCC2)C1. The number of hydrogen-bond donors (Lipinski definition) is 1. The highest BCUT2D eigenvalue weighted by molar-refractivity contribution is 5.68. The second kappa shape index (κ2) is 6.28. The Morgan fingerprint density at radius 2 is 1.95 bits per heavy atom. The summed E-state index contributed by atoms with van der Waals surface area (Å²) >= 11 is 0. The molecule has 116 valence electrons. The van der Waals surface area contributed by atoms with E-state index in [2.05, 4.69) is 4.90 Å². The van der Waals surface area contributed by atoms with E-state index in [1.54, 1.807) is 4.90 Å². The molecular weight excluding hydrogens is 258 g/mol. The fourth-order valence-corrected chi connectivity index (χ4v) is 2.88. The maximum absolute atomic E-state index is 12.2. The van der Waals surface area contributed by atoms with Crippen molar-refractivity contribution < 1.29 is 14.3 Å². The number of nitrogens with two attached hydrogens (primary N) is 1. The van der Waals surface area contributed by atoms with Crippen LogP contribution < -0.4 is 5.73 Å². The predicted molar refractivity (Wildman–Crippen MR) is 76.5 cm³/mol. The molecule has 2 aliphatic rings. The average molecular weight is 285 g/mol. The van der Waals surface area contributed by atoms with Crippen molar-refractivity contribution in [2.75, 3.05) is 45.9 Å². The summed E-state index contributed by atoms with van der Waals surface area (Å²) in [4.78, 5) is 16.4. The molecule has 2 rings (SSSR count). The lowest BCUT2D eigenvalue weighted by atomic mass is 10.0. The Labute approximate surface area is 121 Å². The summed E-state index contributed by atoms with van der Waals surface area (Å²) in [6.07, 6.45) is -0.230. The zero-order valence-corrected chi connectivity index (χ0v) is 12.8. The van der Waals surface area contributed by atoms with Crippen molar-refractivity contribution in [1.29, 1.82) is 0 Å². The van der Waals surface area contributed by atoms with Gasteiger partial charge in [0.25, 0.3) is 0 Å². The molecule has 0 aromatic carbocycles. The van der Waals surface area contributed by atoms with E-state index < -0.39 is 5.60 Å². The molecule has 20 heavy (non-hydrogen) atoms. The molecule has 0 spiro atoms. The van der Waals surface area contributed by atoms with Gasteiger partial charge in [0.1, 0.15) is 5.60 Å². The van der Waals surface area contributed by atoms with Crippen LogP contribution in [0.15, 0.2) is 0 Å². The average Bonchev–Trinajstić information content (AvgIpc) is 2.82. The van der Waals surface area contributed by atoms with Gasteiger partial charge < -0.3 is 20.1 Å². The van der Waals surface area contributed by atoms with Crippen molar-refractivity contribution in [3.8, 4) is 0 Å². The minimum absolute atomic E-state index is 0.230.